The predicted octanol–water partition coefficient (Wildman–Crippen LogP) is 1.19. The van der Waals surface area contributed by atoms with Crippen LogP contribution in [0.3, 0.4) is 0 Å². The van der Waals surface area contributed by atoms with Gasteiger partial charge in [0.15, 0.2) is 0 Å². The lowest BCUT2D eigenvalue weighted by molar-refractivity contribution is -0.177. The maximum atomic E-state index is 11.1. The van der Waals surface area contributed by atoms with Gasteiger partial charge in [0.1, 0.15) is 0 Å². The van der Waals surface area contributed by atoms with Crippen molar-refractivity contribution in [2.75, 3.05) is 0 Å². The summed E-state index contributed by atoms with van der Waals surface area (Å²) >= 11 is 0. The van der Waals surface area contributed by atoms with Gasteiger partial charge in [-0.2, -0.15) is 0 Å². The lowest BCUT2D eigenvalue weighted by Crippen LogP contribution is -2.48. The minimum Gasteiger partial charge on any atom is -0.478 e. The summed E-state index contributed by atoms with van der Waals surface area (Å²) in [4.78, 5) is 22.1. The number of carbonyl (C=O) groups excluding carboxylic acids is 1. The topological polar surface area (TPSA) is 63.6 Å². The Hall–Kier alpha value is -1.06. The maximum absolute atomic E-state index is 11.1. The first kappa shape index (κ1) is 10.0. The third kappa shape index (κ3) is 1.20. The van der Waals surface area contributed by atoms with Crippen LogP contribution in [0.5, 0.6) is 0 Å². The molecule has 1 unspecified atom stereocenters. The molecule has 1 rings (SSSR count). The van der Waals surface area contributed by atoms with Gasteiger partial charge in [-0.15, -0.1) is 0 Å². The summed E-state index contributed by atoms with van der Waals surface area (Å²) in [6.07, 6.45) is 0.480. The minimum absolute atomic E-state index is 0.174. The van der Waals surface area contributed by atoms with E-state index >= 15 is 0 Å². The average Bonchev–Trinajstić information content (AvgIpc) is 2.20. The van der Waals surface area contributed by atoms with Crippen molar-refractivity contribution in [3.8, 4) is 0 Å². The highest BCUT2D eigenvalue weighted by atomic mass is 16.6. The summed E-state index contributed by atoms with van der Waals surface area (Å²) in [6, 6.07) is 0. The number of carboxylic acids is 1. The highest BCUT2D eigenvalue weighted by molar-refractivity contribution is 5.87. The number of esters is 1. The van der Waals surface area contributed by atoms with Gasteiger partial charge >= 0.3 is 11.9 Å². The first-order chi connectivity index (χ1) is 5.85. The Bertz CT molecular complexity index is 256. The number of cyclic esters (lactones) is 1. The molecule has 1 aliphatic rings. The van der Waals surface area contributed by atoms with Crippen molar-refractivity contribution in [3.05, 3.63) is 0 Å². The molecule has 1 heterocycles. The maximum Gasteiger partial charge on any atom is 0.348 e. The Morgan fingerprint density at radius 2 is 2.15 bits per heavy atom. The van der Waals surface area contributed by atoms with Gasteiger partial charge in [0.25, 0.3) is 0 Å². The Balaban J connectivity index is 3.12. The van der Waals surface area contributed by atoms with Crippen LogP contribution in [0.4, 0.5) is 0 Å². The number of hydrogen-bond acceptors (Lipinski definition) is 3. The van der Waals surface area contributed by atoms with Crippen LogP contribution in [0.1, 0.15) is 33.6 Å². The standard InChI is InChI=1S/C9H14O4/c1-4-9(7(11)12)8(2,3)5-6(10)13-9/h4-5H2,1-3H3,(H,11,12). The fourth-order valence-electron chi connectivity index (χ4n) is 1.91. The molecule has 0 bridgehead atoms. The lowest BCUT2D eigenvalue weighted by Gasteiger charge is -2.33. The molecule has 4 nitrogen and oxygen atoms in total. The van der Waals surface area contributed by atoms with Gasteiger partial charge < -0.3 is 9.84 Å². The summed E-state index contributed by atoms with van der Waals surface area (Å²) in [7, 11) is 0. The molecule has 0 saturated carbocycles. The first-order valence-electron chi connectivity index (χ1n) is 4.31. The van der Waals surface area contributed by atoms with E-state index in [1.807, 2.05) is 0 Å². The zero-order valence-electron chi connectivity index (χ0n) is 8.09. The second kappa shape index (κ2) is 2.72. The van der Waals surface area contributed by atoms with Crippen LogP contribution in [-0.2, 0) is 14.3 Å². The Morgan fingerprint density at radius 1 is 1.62 bits per heavy atom. The molecule has 1 saturated heterocycles. The van der Waals surface area contributed by atoms with E-state index < -0.39 is 23.0 Å². The number of carboxylic acid groups (broad SMARTS) is 1. The van der Waals surface area contributed by atoms with Crippen molar-refractivity contribution in [1.82, 2.24) is 0 Å². The second-order valence-corrected chi connectivity index (χ2v) is 4.02. The number of aliphatic carboxylic acids is 1. The van der Waals surface area contributed by atoms with Crippen LogP contribution < -0.4 is 0 Å². The predicted molar refractivity (Wildman–Crippen MR) is 45.1 cm³/mol. The van der Waals surface area contributed by atoms with Gasteiger partial charge in [-0.3, -0.25) is 4.79 Å². The number of carbonyl (C=O) groups is 2. The molecular formula is C9H14O4. The minimum atomic E-state index is -1.33. The molecule has 0 radical (unpaired) electrons. The molecule has 4 heteroatoms. The summed E-state index contributed by atoms with van der Waals surface area (Å²) < 4.78 is 4.94. The Morgan fingerprint density at radius 3 is 2.31 bits per heavy atom. The van der Waals surface area contributed by atoms with Crippen LogP contribution in [0.15, 0.2) is 0 Å². The average molecular weight is 186 g/mol. The number of ether oxygens (including phenoxy) is 1. The second-order valence-electron chi connectivity index (χ2n) is 4.02. The molecule has 0 spiro atoms. The highest BCUT2D eigenvalue weighted by Gasteiger charge is 2.59. The Kier molecular flexibility index (Phi) is 2.10. The van der Waals surface area contributed by atoms with Gasteiger partial charge in [-0.05, 0) is 6.42 Å². The molecule has 0 amide bonds. The largest absolute Gasteiger partial charge is 0.478 e. The van der Waals surface area contributed by atoms with Crippen molar-refractivity contribution < 1.29 is 19.4 Å². The Labute approximate surface area is 76.9 Å². The van der Waals surface area contributed by atoms with E-state index in [2.05, 4.69) is 0 Å². The smallest absolute Gasteiger partial charge is 0.348 e. The van der Waals surface area contributed by atoms with E-state index in [1.54, 1.807) is 20.8 Å². The molecule has 1 aliphatic heterocycles. The van der Waals surface area contributed by atoms with Crippen molar-refractivity contribution in [1.29, 1.82) is 0 Å². The SMILES string of the molecule is CCC1(C(=O)O)OC(=O)CC1(C)C. The van der Waals surface area contributed by atoms with Crippen molar-refractivity contribution >= 4 is 11.9 Å². The summed E-state index contributed by atoms with van der Waals surface area (Å²) in [5, 5.41) is 9.04. The molecule has 0 aromatic heterocycles. The van der Waals surface area contributed by atoms with E-state index in [4.69, 9.17) is 9.84 Å². The first-order valence-corrected chi connectivity index (χ1v) is 4.31. The quantitative estimate of drug-likeness (QED) is 0.658. The highest BCUT2D eigenvalue weighted by Crippen LogP contribution is 2.46. The van der Waals surface area contributed by atoms with Crippen molar-refractivity contribution in [2.24, 2.45) is 5.41 Å². The third-order valence-corrected chi connectivity index (χ3v) is 2.81. The number of rotatable bonds is 2. The zero-order valence-corrected chi connectivity index (χ0v) is 8.09. The van der Waals surface area contributed by atoms with Crippen LogP contribution in [-0.4, -0.2) is 22.6 Å². The molecule has 0 aromatic rings. The molecule has 74 valence electrons. The van der Waals surface area contributed by atoms with E-state index in [9.17, 15) is 9.59 Å². The molecule has 0 aliphatic carbocycles. The normalized spacial score (nSPS) is 31.5. The number of hydrogen-bond donors (Lipinski definition) is 1. The van der Waals surface area contributed by atoms with Gasteiger partial charge in [0.2, 0.25) is 5.60 Å². The molecule has 1 atom stereocenters. The van der Waals surface area contributed by atoms with Gasteiger partial charge in [0, 0.05) is 5.41 Å². The van der Waals surface area contributed by atoms with Gasteiger partial charge in [-0.1, -0.05) is 20.8 Å². The van der Waals surface area contributed by atoms with E-state index in [1.165, 1.54) is 0 Å². The van der Waals surface area contributed by atoms with Gasteiger partial charge in [-0.25, -0.2) is 4.79 Å². The molecule has 1 fully saturated rings. The molecule has 0 aromatic carbocycles. The lowest BCUT2D eigenvalue weighted by atomic mass is 9.73. The van der Waals surface area contributed by atoms with E-state index in [-0.39, 0.29) is 6.42 Å². The molecule has 13 heavy (non-hydrogen) atoms. The molecular weight excluding hydrogens is 172 g/mol. The summed E-state index contributed by atoms with van der Waals surface area (Å²) in [5.41, 5.74) is -1.95. The van der Waals surface area contributed by atoms with Crippen LogP contribution in [0.25, 0.3) is 0 Å². The van der Waals surface area contributed by atoms with Crippen molar-refractivity contribution in [3.63, 3.8) is 0 Å². The van der Waals surface area contributed by atoms with Crippen LogP contribution in [0.2, 0.25) is 0 Å². The van der Waals surface area contributed by atoms with Crippen LogP contribution >= 0.6 is 0 Å². The molecule has 1 N–H and O–H groups in total. The van der Waals surface area contributed by atoms with Crippen LogP contribution in [0, 0.1) is 5.41 Å². The zero-order chi connectivity index (χ0) is 10.3. The van der Waals surface area contributed by atoms with E-state index in [0.717, 1.165) is 0 Å². The monoisotopic (exact) mass is 186 g/mol. The summed E-state index contributed by atoms with van der Waals surface area (Å²) in [5.74, 6) is -1.47. The van der Waals surface area contributed by atoms with E-state index in [0.29, 0.717) is 6.42 Å². The fraction of sp³-hybridized carbons (Fsp3) is 0.778. The fourth-order valence-corrected chi connectivity index (χ4v) is 1.91. The third-order valence-electron chi connectivity index (χ3n) is 2.81. The summed E-state index contributed by atoms with van der Waals surface area (Å²) in [6.45, 7) is 5.21. The van der Waals surface area contributed by atoms with Crippen molar-refractivity contribution in [2.45, 2.75) is 39.2 Å². The van der Waals surface area contributed by atoms with Gasteiger partial charge in [0.05, 0.1) is 6.42 Å².